The topological polar surface area (TPSA) is 35.6 Å². The number of nitrogens with zero attached hydrogens (tertiary/aromatic N) is 2. The van der Waals surface area contributed by atoms with Gasteiger partial charge in [-0.05, 0) is 31.0 Å². The minimum absolute atomic E-state index is 0.110. The van der Waals surface area contributed by atoms with Crippen molar-refractivity contribution in [2.45, 2.75) is 27.3 Å². The normalized spacial score (nSPS) is 10.8. The second-order valence-corrected chi connectivity index (χ2v) is 6.30. The van der Waals surface area contributed by atoms with Crippen molar-refractivity contribution in [2.75, 3.05) is 39.1 Å². The van der Waals surface area contributed by atoms with Crippen molar-refractivity contribution in [3.8, 4) is 0 Å². The summed E-state index contributed by atoms with van der Waals surface area (Å²) in [5.41, 5.74) is 3.60. The highest BCUT2D eigenvalue weighted by atomic mass is 16.2. The number of likely N-dealkylation sites (N-methyl/N-ethyl adjacent to an activating group) is 2. The average Bonchev–Trinajstić information content (AvgIpc) is 2.38. The number of hydrogen-bond donors (Lipinski definition) is 1. The highest BCUT2D eigenvalue weighted by molar-refractivity contribution is 5.81. The Bertz CT molecular complexity index is 469. The van der Waals surface area contributed by atoms with E-state index >= 15 is 0 Å². The first-order valence-electron chi connectivity index (χ1n) is 7.52. The lowest BCUT2D eigenvalue weighted by atomic mass is 10.1. The van der Waals surface area contributed by atoms with Crippen LogP contribution in [0.3, 0.4) is 0 Å². The third-order valence-electron chi connectivity index (χ3n) is 3.39. The van der Waals surface area contributed by atoms with Gasteiger partial charge in [-0.1, -0.05) is 31.5 Å². The monoisotopic (exact) mass is 291 g/mol. The summed E-state index contributed by atoms with van der Waals surface area (Å²) in [4.78, 5) is 15.5. The van der Waals surface area contributed by atoms with E-state index in [9.17, 15) is 4.79 Å². The van der Waals surface area contributed by atoms with Gasteiger partial charge in [0, 0.05) is 33.4 Å². The number of aryl methyl sites for hydroxylation is 1. The zero-order valence-corrected chi connectivity index (χ0v) is 14.2. The van der Waals surface area contributed by atoms with Gasteiger partial charge < -0.3 is 15.1 Å². The number of nitrogens with one attached hydrogen (secondary N) is 1. The zero-order chi connectivity index (χ0) is 16.0. The van der Waals surface area contributed by atoms with Gasteiger partial charge in [-0.25, -0.2) is 0 Å². The molecular formula is C17H29N3O. The van der Waals surface area contributed by atoms with Crippen LogP contribution in [-0.2, 0) is 11.3 Å². The molecule has 21 heavy (non-hydrogen) atoms. The molecule has 1 amide bonds. The third-order valence-corrected chi connectivity index (χ3v) is 3.39. The molecule has 0 radical (unpaired) electrons. The van der Waals surface area contributed by atoms with Crippen LogP contribution in [0.25, 0.3) is 0 Å². The van der Waals surface area contributed by atoms with Gasteiger partial charge in [0.15, 0.2) is 0 Å². The molecule has 1 rings (SSSR count). The van der Waals surface area contributed by atoms with Crippen molar-refractivity contribution in [1.82, 2.24) is 10.2 Å². The Morgan fingerprint density at radius 3 is 2.48 bits per heavy atom. The van der Waals surface area contributed by atoms with Crippen LogP contribution in [0.15, 0.2) is 18.2 Å². The van der Waals surface area contributed by atoms with E-state index in [4.69, 9.17) is 0 Å². The standard InChI is InChI=1S/C17H29N3O/c1-13(2)10-18-11-15-9-14(3)7-8-16(15)20(6)12-17(21)19(4)5/h7-9,13,18H,10-12H2,1-6H3. The Kier molecular flexibility index (Phi) is 6.69. The van der Waals surface area contributed by atoms with Crippen LogP contribution in [0, 0.1) is 12.8 Å². The molecule has 0 aromatic heterocycles. The molecule has 0 bridgehead atoms. The number of carbonyl (C=O) groups excluding carboxylic acids is 1. The van der Waals surface area contributed by atoms with Crippen molar-refractivity contribution < 1.29 is 4.79 Å². The second kappa shape index (κ2) is 8.03. The quantitative estimate of drug-likeness (QED) is 0.837. The fourth-order valence-electron chi connectivity index (χ4n) is 2.15. The summed E-state index contributed by atoms with van der Waals surface area (Å²) in [6.45, 7) is 8.72. The molecule has 1 aromatic carbocycles. The van der Waals surface area contributed by atoms with Crippen LogP contribution in [-0.4, -0.2) is 45.0 Å². The van der Waals surface area contributed by atoms with E-state index in [0.717, 1.165) is 18.8 Å². The van der Waals surface area contributed by atoms with Gasteiger partial charge >= 0.3 is 0 Å². The van der Waals surface area contributed by atoms with Gasteiger partial charge in [-0.3, -0.25) is 4.79 Å². The van der Waals surface area contributed by atoms with E-state index in [2.05, 4.69) is 44.3 Å². The summed E-state index contributed by atoms with van der Waals surface area (Å²) in [7, 11) is 5.55. The lowest BCUT2D eigenvalue weighted by Gasteiger charge is -2.24. The Morgan fingerprint density at radius 1 is 1.24 bits per heavy atom. The number of rotatable bonds is 7. The van der Waals surface area contributed by atoms with Gasteiger partial charge in [0.1, 0.15) is 0 Å². The molecule has 0 aliphatic rings. The molecule has 0 aliphatic heterocycles. The first-order valence-corrected chi connectivity index (χ1v) is 7.52. The molecular weight excluding hydrogens is 262 g/mol. The van der Waals surface area contributed by atoms with Gasteiger partial charge in [0.2, 0.25) is 5.91 Å². The Labute approximate surface area is 129 Å². The molecule has 0 aliphatic carbocycles. The molecule has 0 fully saturated rings. The fraction of sp³-hybridized carbons (Fsp3) is 0.588. The van der Waals surface area contributed by atoms with Gasteiger partial charge in [0.25, 0.3) is 0 Å². The van der Waals surface area contributed by atoms with Crippen molar-refractivity contribution >= 4 is 11.6 Å². The smallest absolute Gasteiger partial charge is 0.241 e. The van der Waals surface area contributed by atoms with Crippen LogP contribution >= 0.6 is 0 Å². The molecule has 1 N–H and O–H groups in total. The third kappa shape index (κ3) is 5.76. The summed E-state index contributed by atoms with van der Waals surface area (Å²) in [5, 5.41) is 3.48. The Balaban J connectivity index is 2.82. The zero-order valence-electron chi connectivity index (χ0n) is 14.2. The maximum atomic E-state index is 11.9. The fourth-order valence-corrected chi connectivity index (χ4v) is 2.15. The molecule has 4 heteroatoms. The van der Waals surface area contributed by atoms with Crippen LogP contribution in [0.2, 0.25) is 0 Å². The molecule has 0 heterocycles. The summed E-state index contributed by atoms with van der Waals surface area (Å²) < 4.78 is 0. The van der Waals surface area contributed by atoms with Crippen molar-refractivity contribution in [3.05, 3.63) is 29.3 Å². The van der Waals surface area contributed by atoms with Crippen LogP contribution < -0.4 is 10.2 Å². The molecule has 0 unspecified atom stereocenters. The molecule has 1 aromatic rings. The average molecular weight is 291 g/mol. The minimum atomic E-state index is 0.110. The number of amides is 1. The first kappa shape index (κ1) is 17.5. The lowest BCUT2D eigenvalue weighted by molar-refractivity contribution is -0.127. The van der Waals surface area contributed by atoms with E-state index in [1.165, 1.54) is 11.1 Å². The molecule has 0 saturated heterocycles. The first-order chi connectivity index (χ1) is 9.81. The molecule has 0 spiro atoms. The maximum absolute atomic E-state index is 11.9. The number of anilines is 1. The van der Waals surface area contributed by atoms with E-state index in [1.807, 2.05) is 11.9 Å². The Hall–Kier alpha value is -1.55. The van der Waals surface area contributed by atoms with E-state index in [1.54, 1.807) is 19.0 Å². The lowest BCUT2D eigenvalue weighted by Crippen LogP contribution is -2.35. The van der Waals surface area contributed by atoms with E-state index in [-0.39, 0.29) is 5.91 Å². The minimum Gasteiger partial charge on any atom is -0.365 e. The van der Waals surface area contributed by atoms with Crippen molar-refractivity contribution in [1.29, 1.82) is 0 Å². The van der Waals surface area contributed by atoms with Gasteiger partial charge in [-0.15, -0.1) is 0 Å². The highest BCUT2D eigenvalue weighted by Crippen LogP contribution is 2.21. The number of benzene rings is 1. The molecule has 0 atom stereocenters. The van der Waals surface area contributed by atoms with Crippen LogP contribution in [0.4, 0.5) is 5.69 Å². The van der Waals surface area contributed by atoms with E-state index in [0.29, 0.717) is 12.5 Å². The predicted octanol–water partition coefficient (Wildman–Crippen LogP) is 2.27. The maximum Gasteiger partial charge on any atom is 0.241 e. The van der Waals surface area contributed by atoms with Crippen molar-refractivity contribution in [2.24, 2.45) is 5.92 Å². The van der Waals surface area contributed by atoms with E-state index < -0.39 is 0 Å². The second-order valence-electron chi connectivity index (χ2n) is 6.30. The van der Waals surface area contributed by atoms with Crippen LogP contribution in [0.5, 0.6) is 0 Å². The number of hydrogen-bond acceptors (Lipinski definition) is 3. The van der Waals surface area contributed by atoms with Crippen LogP contribution in [0.1, 0.15) is 25.0 Å². The van der Waals surface area contributed by atoms with Gasteiger partial charge in [0.05, 0.1) is 6.54 Å². The molecule has 0 saturated carbocycles. The highest BCUT2D eigenvalue weighted by Gasteiger charge is 2.12. The molecule has 118 valence electrons. The Morgan fingerprint density at radius 2 is 1.90 bits per heavy atom. The largest absolute Gasteiger partial charge is 0.365 e. The van der Waals surface area contributed by atoms with Gasteiger partial charge in [-0.2, -0.15) is 0 Å². The SMILES string of the molecule is Cc1ccc(N(C)CC(=O)N(C)C)c(CNCC(C)C)c1. The summed E-state index contributed by atoms with van der Waals surface area (Å²) in [6, 6.07) is 6.39. The number of carbonyl (C=O) groups is 1. The summed E-state index contributed by atoms with van der Waals surface area (Å²) in [5.74, 6) is 0.741. The predicted molar refractivity (Wildman–Crippen MR) is 89.7 cm³/mol. The molecule has 4 nitrogen and oxygen atoms in total. The van der Waals surface area contributed by atoms with Crippen molar-refractivity contribution in [3.63, 3.8) is 0 Å². The summed E-state index contributed by atoms with van der Waals surface area (Å²) >= 11 is 0. The summed E-state index contributed by atoms with van der Waals surface area (Å²) in [6.07, 6.45) is 0.